The third kappa shape index (κ3) is 3.62. The van der Waals surface area contributed by atoms with Crippen molar-refractivity contribution < 1.29 is 9.53 Å². The number of nitrogens with zero attached hydrogens (tertiary/aromatic N) is 3. The van der Waals surface area contributed by atoms with Crippen molar-refractivity contribution in [2.24, 2.45) is 11.8 Å². The first-order chi connectivity index (χ1) is 12.8. The maximum atomic E-state index is 12.9. The Bertz CT molecular complexity index is 755. The van der Waals surface area contributed by atoms with E-state index in [2.05, 4.69) is 28.2 Å². The lowest BCUT2D eigenvalue weighted by Gasteiger charge is -2.20. The van der Waals surface area contributed by atoms with Gasteiger partial charge in [0.25, 0.3) is 0 Å². The fourth-order valence-electron chi connectivity index (χ4n) is 3.87. The van der Waals surface area contributed by atoms with Crippen LogP contribution in [0.15, 0.2) is 61.1 Å². The Labute approximate surface area is 153 Å². The van der Waals surface area contributed by atoms with Crippen LogP contribution in [0.2, 0.25) is 0 Å². The first kappa shape index (κ1) is 16.8. The van der Waals surface area contributed by atoms with Gasteiger partial charge in [0.15, 0.2) is 0 Å². The van der Waals surface area contributed by atoms with E-state index in [-0.39, 0.29) is 23.7 Å². The van der Waals surface area contributed by atoms with Crippen LogP contribution < -0.4 is 4.74 Å². The Morgan fingerprint density at radius 1 is 1.08 bits per heavy atom. The van der Waals surface area contributed by atoms with Crippen LogP contribution in [0.1, 0.15) is 24.5 Å². The molecule has 134 valence electrons. The molecule has 0 aromatic carbocycles. The molecule has 0 N–H and O–H groups in total. The Morgan fingerprint density at radius 3 is 2.62 bits per heavy atom. The highest BCUT2D eigenvalue weighted by atomic mass is 16.5. The van der Waals surface area contributed by atoms with E-state index in [4.69, 9.17) is 4.74 Å². The summed E-state index contributed by atoms with van der Waals surface area (Å²) in [6.07, 6.45) is 11.2. The van der Waals surface area contributed by atoms with Crippen molar-refractivity contribution in [2.45, 2.75) is 18.8 Å². The summed E-state index contributed by atoms with van der Waals surface area (Å²) >= 11 is 0. The lowest BCUT2D eigenvalue weighted by molar-refractivity contribution is -0.134. The van der Waals surface area contributed by atoms with Crippen molar-refractivity contribution in [1.29, 1.82) is 0 Å². The van der Waals surface area contributed by atoms with Crippen molar-refractivity contribution >= 4 is 5.91 Å². The van der Waals surface area contributed by atoms with Gasteiger partial charge in [-0.25, -0.2) is 0 Å². The predicted molar refractivity (Wildman–Crippen MR) is 98.6 cm³/mol. The highest BCUT2D eigenvalue weighted by Crippen LogP contribution is 2.34. The molecule has 1 aliphatic heterocycles. The number of aromatic nitrogens is 2. The molecule has 0 radical (unpaired) electrons. The van der Waals surface area contributed by atoms with Crippen molar-refractivity contribution in [1.82, 2.24) is 14.9 Å². The minimum Gasteiger partial charge on any atom is -0.493 e. The number of ether oxygens (including phenoxy) is 1. The fraction of sp³-hybridized carbons (Fsp3) is 0.381. The predicted octanol–water partition coefficient (Wildman–Crippen LogP) is 3.06. The topological polar surface area (TPSA) is 55.3 Å². The molecule has 1 saturated heterocycles. The van der Waals surface area contributed by atoms with Crippen molar-refractivity contribution in [2.75, 3.05) is 19.7 Å². The second kappa shape index (κ2) is 7.68. The lowest BCUT2D eigenvalue weighted by atomic mass is 9.93. The van der Waals surface area contributed by atoms with Crippen LogP contribution in [0.3, 0.4) is 0 Å². The van der Waals surface area contributed by atoms with E-state index in [0.717, 1.165) is 37.4 Å². The molecule has 0 bridgehead atoms. The van der Waals surface area contributed by atoms with Gasteiger partial charge in [0.2, 0.25) is 5.91 Å². The minimum atomic E-state index is 0.110. The molecule has 0 saturated carbocycles. The van der Waals surface area contributed by atoms with Gasteiger partial charge < -0.3 is 9.64 Å². The zero-order valence-electron chi connectivity index (χ0n) is 14.7. The molecule has 5 nitrogen and oxygen atoms in total. The molecule has 2 aromatic heterocycles. The van der Waals surface area contributed by atoms with Gasteiger partial charge >= 0.3 is 0 Å². The van der Waals surface area contributed by atoms with Crippen molar-refractivity contribution in [3.63, 3.8) is 0 Å². The van der Waals surface area contributed by atoms with Crippen LogP contribution in [0, 0.1) is 11.8 Å². The number of hydrogen-bond donors (Lipinski definition) is 0. The minimum absolute atomic E-state index is 0.110. The van der Waals surface area contributed by atoms with Gasteiger partial charge in [0.05, 0.1) is 6.61 Å². The second-order valence-corrected chi connectivity index (χ2v) is 7.00. The Balaban J connectivity index is 1.48. The van der Waals surface area contributed by atoms with Crippen molar-refractivity contribution in [3.05, 3.63) is 66.8 Å². The average molecular weight is 349 g/mol. The molecule has 5 heteroatoms. The third-order valence-corrected chi connectivity index (χ3v) is 5.29. The molecule has 2 atom stereocenters. The van der Waals surface area contributed by atoms with E-state index in [1.165, 1.54) is 0 Å². The summed E-state index contributed by atoms with van der Waals surface area (Å²) in [5.74, 6) is 1.62. The lowest BCUT2D eigenvalue weighted by Crippen LogP contribution is -2.34. The molecular weight excluding hydrogens is 326 g/mol. The summed E-state index contributed by atoms with van der Waals surface area (Å²) in [4.78, 5) is 23.4. The van der Waals surface area contributed by atoms with Crippen LogP contribution in [-0.2, 0) is 4.79 Å². The van der Waals surface area contributed by atoms with Gasteiger partial charge in [0.1, 0.15) is 5.75 Å². The number of allylic oxidation sites excluding steroid dienone is 2. The van der Waals surface area contributed by atoms with E-state index in [1.807, 2.05) is 35.4 Å². The normalized spacial score (nSPS) is 22.7. The van der Waals surface area contributed by atoms with Crippen LogP contribution >= 0.6 is 0 Å². The van der Waals surface area contributed by atoms with E-state index in [9.17, 15) is 4.79 Å². The smallest absolute Gasteiger partial charge is 0.226 e. The monoisotopic (exact) mass is 349 g/mol. The highest BCUT2D eigenvalue weighted by Gasteiger charge is 2.39. The molecule has 26 heavy (non-hydrogen) atoms. The number of amides is 1. The van der Waals surface area contributed by atoms with Crippen LogP contribution in [0.25, 0.3) is 0 Å². The van der Waals surface area contributed by atoms with Crippen LogP contribution in [-0.4, -0.2) is 40.5 Å². The molecule has 2 aliphatic rings. The van der Waals surface area contributed by atoms with Crippen LogP contribution in [0.5, 0.6) is 5.75 Å². The van der Waals surface area contributed by atoms with Gasteiger partial charge in [-0.05, 0) is 37.1 Å². The zero-order chi connectivity index (χ0) is 17.8. The van der Waals surface area contributed by atoms with Gasteiger partial charge in [-0.15, -0.1) is 0 Å². The fourth-order valence-corrected chi connectivity index (χ4v) is 3.87. The summed E-state index contributed by atoms with van der Waals surface area (Å²) in [6.45, 7) is 2.01. The molecule has 1 fully saturated rings. The van der Waals surface area contributed by atoms with Gasteiger partial charge in [-0.1, -0.05) is 18.2 Å². The number of pyridine rings is 2. The van der Waals surface area contributed by atoms with E-state index < -0.39 is 0 Å². The van der Waals surface area contributed by atoms with E-state index in [1.54, 1.807) is 12.4 Å². The molecule has 4 rings (SSSR count). The van der Waals surface area contributed by atoms with Crippen molar-refractivity contribution in [3.8, 4) is 5.75 Å². The number of hydrogen-bond acceptors (Lipinski definition) is 4. The SMILES string of the molecule is O=C(C1CC=CC1)N1C[C@@H](COc2ccncc2)[C@H](c2ccccn2)C1. The first-order valence-electron chi connectivity index (χ1n) is 9.19. The average Bonchev–Trinajstić information content (AvgIpc) is 3.37. The quantitative estimate of drug-likeness (QED) is 0.779. The maximum absolute atomic E-state index is 12.9. The Morgan fingerprint density at radius 2 is 1.88 bits per heavy atom. The third-order valence-electron chi connectivity index (χ3n) is 5.29. The molecular formula is C21H23N3O2. The molecule has 1 amide bonds. The molecule has 2 aromatic rings. The molecule has 0 spiro atoms. The first-order valence-corrected chi connectivity index (χ1v) is 9.19. The highest BCUT2D eigenvalue weighted by molar-refractivity contribution is 5.80. The summed E-state index contributed by atoms with van der Waals surface area (Å²) in [5.41, 5.74) is 1.04. The Kier molecular flexibility index (Phi) is 4.95. The number of carbonyl (C=O) groups is 1. The van der Waals surface area contributed by atoms with Crippen LogP contribution in [0.4, 0.5) is 0 Å². The largest absolute Gasteiger partial charge is 0.493 e. The van der Waals surface area contributed by atoms with E-state index >= 15 is 0 Å². The number of rotatable bonds is 5. The maximum Gasteiger partial charge on any atom is 0.226 e. The zero-order valence-corrected chi connectivity index (χ0v) is 14.7. The molecule has 1 aliphatic carbocycles. The number of carbonyl (C=O) groups excluding carboxylic acids is 1. The van der Waals surface area contributed by atoms with Gasteiger partial charge in [-0.2, -0.15) is 0 Å². The summed E-state index contributed by atoms with van der Waals surface area (Å²) < 4.78 is 5.98. The number of likely N-dealkylation sites (tertiary alicyclic amines) is 1. The molecule has 0 unspecified atom stereocenters. The Hall–Kier alpha value is -2.69. The summed E-state index contributed by atoms with van der Waals surface area (Å²) in [5, 5.41) is 0. The summed E-state index contributed by atoms with van der Waals surface area (Å²) in [6, 6.07) is 9.70. The second-order valence-electron chi connectivity index (χ2n) is 7.00. The van der Waals surface area contributed by atoms with Gasteiger partial charge in [-0.3, -0.25) is 14.8 Å². The van der Waals surface area contributed by atoms with E-state index in [0.29, 0.717) is 6.61 Å². The molecule has 3 heterocycles. The van der Waals surface area contributed by atoms with Gasteiger partial charge in [0, 0.05) is 55.1 Å². The summed E-state index contributed by atoms with van der Waals surface area (Å²) in [7, 11) is 0. The standard InChI is InChI=1S/C21H23N3O2/c25-21(16-5-1-2-6-16)24-13-17(15-26-18-8-11-22-12-9-18)19(14-24)20-7-3-4-10-23-20/h1-4,7-12,16-17,19H,5-6,13-15H2/t17-,19+/m0/s1.